The third kappa shape index (κ3) is 5.12. The molecule has 0 radical (unpaired) electrons. The highest BCUT2D eigenvalue weighted by Gasteiger charge is 2.26. The first kappa shape index (κ1) is 17.6. The highest BCUT2D eigenvalue weighted by atomic mass is 32.2. The highest BCUT2D eigenvalue weighted by molar-refractivity contribution is 7.89. The molecule has 4 nitrogen and oxygen atoms in total. The Balaban J connectivity index is 3.08. The van der Waals surface area contributed by atoms with E-state index in [1.54, 1.807) is 13.8 Å². The van der Waals surface area contributed by atoms with Crippen molar-refractivity contribution in [1.29, 1.82) is 0 Å². The van der Waals surface area contributed by atoms with E-state index in [0.717, 1.165) is 6.07 Å². The number of rotatable bonds is 5. The fourth-order valence-electron chi connectivity index (χ4n) is 1.51. The van der Waals surface area contributed by atoms with Crippen LogP contribution in [0, 0.1) is 17.7 Å². The van der Waals surface area contributed by atoms with E-state index in [2.05, 4.69) is 16.6 Å². The van der Waals surface area contributed by atoms with Gasteiger partial charge in [0.1, 0.15) is 10.7 Å². The first-order valence-corrected chi connectivity index (χ1v) is 8.13. The van der Waals surface area contributed by atoms with Crippen LogP contribution in [0.25, 0.3) is 0 Å². The molecule has 0 aromatic heterocycles. The minimum absolute atomic E-state index is 0.0715. The number of nitrogens with one attached hydrogen (secondary N) is 1. The summed E-state index contributed by atoms with van der Waals surface area (Å²) in [6.45, 7) is 5.24. The standard InChI is InChI=1S/C15H20FNO3S/c1-4-15(2,3)17-21(19,20)14-9-8-12(11-13(14)16)7-5-6-10-18/h8-9,11,17-18H,4,6,10H2,1-3H3. The topological polar surface area (TPSA) is 66.4 Å². The van der Waals surface area contributed by atoms with Gasteiger partial charge in [-0.05, 0) is 38.5 Å². The molecule has 0 atom stereocenters. The molecule has 116 valence electrons. The van der Waals surface area contributed by atoms with Crippen molar-refractivity contribution in [3.05, 3.63) is 29.6 Å². The van der Waals surface area contributed by atoms with E-state index < -0.39 is 26.3 Å². The Morgan fingerprint density at radius 3 is 2.57 bits per heavy atom. The predicted molar refractivity (Wildman–Crippen MR) is 79.7 cm³/mol. The highest BCUT2D eigenvalue weighted by Crippen LogP contribution is 2.19. The maximum Gasteiger partial charge on any atom is 0.243 e. The SMILES string of the molecule is CCC(C)(C)NS(=O)(=O)c1ccc(C#CCCO)cc1F. The zero-order valence-corrected chi connectivity index (χ0v) is 13.2. The molecule has 0 fully saturated rings. The van der Waals surface area contributed by atoms with Crippen molar-refractivity contribution in [2.75, 3.05) is 6.61 Å². The van der Waals surface area contributed by atoms with Crippen LogP contribution in [0.4, 0.5) is 4.39 Å². The molecule has 6 heteroatoms. The largest absolute Gasteiger partial charge is 0.395 e. The van der Waals surface area contributed by atoms with Crippen molar-refractivity contribution in [1.82, 2.24) is 4.72 Å². The Labute approximate surface area is 125 Å². The first-order chi connectivity index (χ1) is 9.72. The van der Waals surface area contributed by atoms with Gasteiger partial charge in [0, 0.05) is 17.5 Å². The number of hydrogen-bond acceptors (Lipinski definition) is 3. The number of benzene rings is 1. The molecule has 21 heavy (non-hydrogen) atoms. The van der Waals surface area contributed by atoms with Crippen molar-refractivity contribution in [2.45, 2.75) is 44.0 Å². The minimum Gasteiger partial charge on any atom is -0.395 e. The van der Waals surface area contributed by atoms with Crippen LogP contribution in [-0.4, -0.2) is 25.7 Å². The van der Waals surface area contributed by atoms with E-state index in [1.807, 2.05) is 6.92 Å². The first-order valence-electron chi connectivity index (χ1n) is 6.65. The summed E-state index contributed by atoms with van der Waals surface area (Å²) in [4.78, 5) is -0.392. The van der Waals surface area contributed by atoms with Gasteiger partial charge in [0.05, 0.1) is 6.61 Å². The van der Waals surface area contributed by atoms with Crippen LogP contribution in [-0.2, 0) is 10.0 Å². The lowest BCUT2D eigenvalue weighted by Crippen LogP contribution is -2.42. The van der Waals surface area contributed by atoms with Crippen molar-refractivity contribution >= 4 is 10.0 Å². The van der Waals surface area contributed by atoms with Crippen LogP contribution >= 0.6 is 0 Å². The van der Waals surface area contributed by atoms with Crippen LogP contribution in [0.1, 0.15) is 39.2 Å². The average Bonchev–Trinajstić information content (AvgIpc) is 2.37. The third-order valence-corrected chi connectivity index (χ3v) is 4.72. The van der Waals surface area contributed by atoms with Gasteiger partial charge < -0.3 is 5.11 Å². The molecule has 0 saturated carbocycles. The van der Waals surface area contributed by atoms with Gasteiger partial charge in [-0.25, -0.2) is 17.5 Å². The van der Waals surface area contributed by atoms with E-state index >= 15 is 0 Å². The molecular weight excluding hydrogens is 293 g/mol. The summed E-state index contributed by atoms with van der Waals surface area (Å²) in [5.41, 5.74) is -0.278. The zero-order valence-electron chi connectivity index (χ0n) is 12.4. The number of sulfonamides is 1. The van der Waals surface area contributed by atoms with Crippen LogP contribution in [0.2, 0.25) is 0 Å². The fourth-order valence-corrected chi connectivity index (χ4v) is 3.05. The number of aliphatic hydroxyl groups excluding tert-OH is 1. The molecule has 0 heterocycles. The fraction of sp³-hybridized carbons (Fsp3) is 0.467. The van der Waals surface area contributed by atoms with Crippen LogP contribution < -0.4 is 4.72 Å². The summed E-state index contributed by atoms with van der Waals surface area (Å²) in [5, 5.41) is 8.62. The summed E-state index contributed by atoms with van der Waals surface area (Å²) in [6.07, 6.45) is 0.868. The lowest BCUT2D eigenvalue weighted by Gasteiger charge is -2.24. The van der Waals surface area contributed by atoms with E-state index in [1.165, 1.54) is 12.1 Å². The summed E-state index contributed by atoms with van der Waals surface area (Å²) >= 11 is 0. The molecule has 0 saturated heterocycles. The van der Waals surface area contributed by atoms with E-state index in [-0.39, 0.29) is 13.0 Å². The molecule has 1 rings (SSSR count). The number of aliphatic hydroxyl groups is 1. The van der Waals surface area contributed by atoms with Gasteiger partial charge >= 0.3 is 0 Å². The molecule has 0 bridgehead atoms. The molecule has 0 amide bonds. The van der Waals surface area contributed by atoms with Gasteiger partial charge in [-0.3, -0.25) is 0 Å². The summed E-state index contributed by atoms with van der Waals surface area (Å²) in [5.74, 6) is 4.47. The normalized spacial score (nSPS) is 11.9. The summed E-state index contributed by atoms with van der Waals surface area (Å²) < 4.78 is 40.8. The second-order valence-corrected chi connectivity index (χ2v) is 6.91. The van der Waals surface area contributed by atoms with Gasteiger partial charge in [-0.2, -0.15) is 0 Å². The van der Waals surface area contributed by atoms with Crippen molar-refractivity contribution < 1.29 is 17.9 Å². The molecule has 1 aromatic carbocycles. The Morgan fingerprint density at radius 1 is 1.38 bits per heavy atom. The van der Waals surface area contributed by atoms with Gasteiger partial charge in [0.25, 0.3) is 0 Å². The van der Waals surface area contributed by atoms with E-state index in [0.29, 0.717) is 12.0 Å². The molecule has 2 N–H and O–H groups in total. The number of hydrogen-bond donors (Lipinski definition) is 2. The molecule has 0 aliphatic carbocycles. The maximum atomic E-state index is 14.0. The molecule has 0 spiro atoms. The van der Waals surface area contributed by atoms with Crippen molar-refractivity contribution in [3.63, 3.8) is 0 Å². The van der Waals surface area contributed by atoms with E-state index in [4.69, 9.17) is 5.11 Å². The van der Waals surface area contributed by atoms with Gasteiger partial charge in [-0.1, -0.05) is 18.8 Å². The molecule has 0 aliphatic heterocycles. The second kappa shape index (κ2) is 7.03. The Bertz CT molecular complexity index is 657. The molecule has 0 aliphatic rings. The molecule has 0 unspecified atom stereocenters. The minimum atomic E-state index is -3.92. The Kier molecular flexibility index (Phi) is 5.90. The van der Waals surface area contributed by atoms with Crippen molar-refractivity contribution in [2.24, 2.45) is 0 Å². The maximum absolute atomic E-state index is 14.0. The van der Waals surface area contributed by atoms with Crippen LogP contribution in [0.5, 0.6) is 0 Å². The predicted octanol–water partition coefficient (Wildman–Crippen LogP) is 2.03. The van der Waals surface area contributed by atoms with Crippen molar-refractivity contribution in [3.8, 4) is 11.8 Å². The smallest absolute Gasteiger partial charge is 0.243 e. The quantitative estimate of drug-likeness (QED) is 0.817. The molecule has 1 aromatic rings. The summed E-state index contributed by atoms with van der Waals surface area (Å²) in [7, 11) is -3.92. The van der Waals surface area contributed by atoms with Gasteiger partial charge in [0.15, 0.2) is 0 Å². The monoisotopic (exact) mass is 313 g/mol. The lowest BCUT2D eigenvalue weighted by molar-refractivity contribution is 0.305. The van der Waals surface area contributed by atoms with Crippen LogP contribution in [0.15, 0.2) is 23.1 Å². The average molecular weight is 313 g/mol. The van der Waals surface area contributed by atoms with Crippen LogP contribution in [0.3, 0.4) is 0 Å². The van der Waals surface area contributed by atoms with Gasteiger partial charge in [-0.15, -0.1) is 0 Å². The molecular formula is C15H20FNO3S. The van der Waals surface area contributed by atoms with Gasteiger partial charge in [0.2, 0.25) is 10.0 Å². The lowest BCUT2D eigenvalue weighted by atomic mass is 10.0. The third-order valence-electron chi connectivity index (χ3n) is 2.99. The second-order valence-electron chi connectivity index (χ2n) is 5.26. The van der Waals surface area contributed by atoms with E-state index in [9.17, 15) is 12.8 Å². The Morgan fingerprint density at radius 2 is 2.05 bits per heavy atom. The summed E-state index contributed by atoms with van der Waals surface area (Å²) in [6, 6.07) is 3.73. The Hall–Kier alpha value is -1.42. The number of halogens is 1. The zero-order chi connectivity index (χ0) is 16.1.